The van der Waals surface area contributed by atoms with Crippen LogP contribution in [0.1, 0.15) is 60.7 Å². The van der Waals surface area contributed by atoms with Gasteiger partial charge >= 0.3 is 12.1 Å². The van der Waals surface area contributed by atoms with Crippen molar-refractivity contribution in [2.75, 3.05) is 20.3 Å². The zero-order valence-corrected chi connectivity index (χ0v) is 23.9. The number of esters is 1. The lowest BCUT2D eigenvalue weighted by Crippen LogP contribution is -2.45. The molecule has 0 spiro atoms. The Labute approximate surface area is 233 Å². The van der Waals surface area contributed by atoms with Gasteiger partial charge in [-0.1, -0.05) is 31.2 Å². The van der Waals surface area contributed by atoms with Crippen LogP contribution in [0.15, 0.2) is 53.9 Å². The van der Waals surface area contributed by atoms with Gasteiger partial charge in [0.15, 0.2) is 5.69 Å². The number of hydrogen-bond donors (Lipinski definition) is 1. The van der Waals surface area contributed by atoms with E-state index in [4.69, 9.17) is 18.9 Å². The van der Waals surface area contributed by atoms with E-state index in [1.807, 2.05) is 45.0 Å². The number of carbonyl (C=O) groups is 2. The number of aromatic nitrogens is 1. The molecular weight excluding hydrogens is 516 g/mol. The maximum atomic E-state index is 11.9. The second kappa shape index (κ2) is 12.1. The van der Waals surface area contributed by atoms with Crippen molar-refractivity contribution in [3.05, 3.63) is 75.7 Å². The van der Waals surface area contributed by atoms with Gasteiger partial charge < -0.3 is 24.3 Å². The molecule has 2 unspecified atom stereocenters. The maximum absolute atomic E-state index is 11.9. The number of hydrogen-bond acceptors (Lipinski definition) is 8. The normalized spacial score (nSPS) is 18.4. The van der Waals surface area contributed by atoms with Crippen molar-refractivity contribution in [1.82, 2.24) is 10.3 Å². The molecule has 208 valence electrons. The molecule has 1 N–H and O–H groups in total. The van der Waals surface area contributed by atoms with Gasteiger partial charge in [-0.05, 0) is 69.0 Å². The monoisotopic (exact) mass is 552 g/mol. The third-order valence-electron chi connectivity index (χ3n) is 6.56. The summed E-state index contributed by atoms with van der Waals surface area (Å²) in [5.41, 5.74) is 1.79. The van der Waals surface area contributed by atoms with Crippen molar-refractivity contribution in [3.8, 4) is 11.5 Å². The van der Waals surface area contributed by atoms with Crippen LogP contribution in [-0.4, -0.2) is 49.0 Å². The highest BCUT2D eigenvalue weighted by molar-refractivity contribution is 7.09. The van der Waals surface area contributed by atoms with Crippen LogP contribution in [0.25, 0.3) is 0 Å². The molecule has 5 rings (SSSR count). The van der Waals surface area contributed by atoms with E-state index in [1.54, 1.807) is 5.38 Å². The number of methoxy groups -OCH3 is 1. The predicted molar refractivity (Wildman–Crippen MR) is 150 cm³/mol. The minimum Gasteiger partial charge on any atom is -0.494 e. The van der Waals surface area contributed by atoms with Gasteiger partial charge in [0.05, 0.1) is 18.7 Å². The van der Waals surface area contributed by atoms with E-state index >= 15 is 0 Å². The minimum absolute atomic E-state index is 0.209. The van der Waals surface area contributed by atoms with Gasteiger partial charge in [-0.15, -0.1) is 11.3 Å². The summed E-state index contributed by atoms with van der Waals surface area (Å²) in [6.45, 7) is 8.65. The van der Waals surface area contributed by atoms with Gasteiger partial charge in [0.1, 0.15) is 23.2 Å². The summed E-state index contributed by atoms with van der Waals surface area (Å²) in [4.78, 5) is 28.2. The smallest absolute Gasteiger partial charge is 0.407 e. The van der Waals surface area contributed by atoms with E-state index in [1.165, 1.54) is 24.0 Å². The van der Waals surface area contributed by atoms with Crippen molar-refractivity contribution in [2.24, 2.45) is 0 Å². The quantitative estimate of drug-likeness (QED) is 0.268. The van der Waals surface area contributed by atoms with Gasteiger partial charge in [0, 0.05) is 23.8 Å². The van der Waals surface area contributed by atoms with Gasteiger partial charge in [-0.3, -0.25) is 0 Å². The Kier molecular flexibility index (Phi) is 8.80. The van der Waals surface area contributed by atoms with Crippen LogP contribution >= 0.6 is 11.3 Å². The number of alkyl carbamates (subject to hydrolysis) is 1. The lowest BCUT2D eigenvalue weighted by Gasteiger charge is -2.40. The average molecular weight is 553 g/mol. The molecule has 2 bridgehead atoms. The Morgan fingerprint density at radius 2 is 1.85 bits per heavy atom. The molecule has 3 aromatic rings. The average Bonchev–Trinajstić information content (AvgIpc) is 3.35. The lowest BCUT2D eigenvalue weighted by molar-refractivity contribution is 0.0524. The fraction of sp³-hybridized carbons (Fsp3) is 0.433. The van der Waals surface area contributed by atoms with Crippen LogP contribution in [0.4, 0.5) is 4.79 Å². The van der Waals surface area contributed by atoms with Gasteiger partial charge in [-0.25, -0.2) is 14.6 Å². The van der Waals surface area contributed by atoms with Crippen LogP contribution in [-0.2, 0) is 27.7 Å². The molecular formula is C30H36N2O6S. The Morgan fingerprint density at radius 1 is 1.13 bits per heavy atom. The first-order valence-electron chi connectivity index (χ1n) is 13.0. The molecule has 1 aromatic heterocycles. The van der Waals surface area contributed by atoms with E-state index < -0.39 is 17.7 Å². The Balaban J connectivity index is 1.42. The summed E-state index contributed by atoms with van der Waals surface area (Å²) in [7, 11) is 1.36. The fourth-order valence-corrected chi connectivity index (χ4v) is 5.33. The van der Waals surface area contributed by atoms with Gasteiger partial charge in [-0.2, -0.15) is 0 Å². The summed E-state index contributed by atoms with van der Waals surface area (Å²) in [6.07, 6.45) is 1.36. The van der Waals surface area contributed by atoms with Crippen molar-refractivity contribution >= 4 is 23.4 Å². The van der Waals surface area contributed by atoms with E-state index in [2.05, 4.69) is 41.5 Å². The van der Waals surface area contributed by atoms with Crippen molar-refractivity contribution in [3.63, 3.8) is 0 Å². The topological polar surface area (TPSA) is 96.0 Å². The second-order valence-corrected chi connectivity index (χ2v) is 11.8. The number of amides is 1. The molecule has 3 heterocycles. The summed E-state index contributed by atoms with van der Waals surface area (Å²) in [5, 5.41) is 5.29. The first-order valence-corrected chi connectivity index (χ1v) is 13.9. The standard InChI is InChI=1S/C30H36N2O6S/c1-29(2,3)38-28(34)31-15-6-16-36-22-13-9-21(10-14-22)30(4)18-20-7-11-23(12-8-20)37-25(30)17-26-32-24(19-39-26)27(33)35-5/h7-14,19,25H,6,15-18H2,1-5H3,(H,31,34). The number of carbonyl (C=O) groups excluding carboxylic acids is 2. The number of nitrogens with zero attached hydrogens (tertiary/aromatic N) is 1. The lowest BCUT2D eigenvalue weighted by atomic mass is 9.71. The Bertz CT molecular complexity index is 1270. The summed E-state index contributed by atoms with van der Waals surface area (Å²) in [5.74, 6) is 1.12. The maximum Gasteiger partial charge on any atom is 0.407 e. The van der Waals surface area contributed by atoms with Gasteiger partial charge in [0.2, 0.25) is 0 Å². The highest BCUT2D eigenvalue weighted by atomic mass is 32.1. The largest absolute Gasteiger partial charge is 0.494 e. The third-order valence-corrected chi connectivity index (χ3v) is 7.43. The van der Waals surface area contributed by atoms with Crippen molar-refractivity contribution in [2.45, 2.75) is 64.1 Å². The van der Waals surface area contributed by atoms with Crippen LogP contribution < -0.4 is 14.8 Å². The molecule has 0 radical (unpaired) electrons. The van der Waals surface area contributed by atoms with Crippen LogP contribution in [0.3, 0.4) is 0 Å². The van der Waals surface area contributed by atoms with Crippen molar-refractivity contribution < 1.29 is 28.5 Å². The molecule has 9 heteroatoms. The summed E-state index contributed by atoms with van der Waals surface area (Å²) >= 11 is 1.44. The molecule has 1 amide bonds. The number of nitrogens with one attached hydrogen (secondary N) is 1. The highest BCUT2D eigenvalue weighted by Crippen LogP contribution is 2.39. The van der Waals surface area contributed by atoms with E-state index in [-0.39, 0.29) is 11.5 Å². The minimum atomic E-state index is -0.519. The SMILES string of the molecule is COC(=O)c1csc(CC2Oc3ccc(cc3)CC2(C)c2ccc(OCCCNC(=O)OC(C)(C)C)cc2)n1. The predicted octanol–water partition coefficient (Wildman–Crippen LogP) is 5.73. The molecule has 2 aromatic carbocycles. The number of thiazole rings is 1. The molecule has 2 atom stereocenters. The molecule has 0 saturated heterocycles. The molecule has 39 heavy (non-hydrogen) atoms. The first-order chi connectivity index (χ1) is 18.6. The van der Waals surface area contributed by atoms with Crippen molar-refractivity contribution in [1.29, 1.82) is 0 Å². The van der Waals surface area contributed by atoms with E-state index in [9.17, 15) is 9.59 Å². The molecule has 2 aliphatic heterocycles. The highest BCUT2D eigenvalue weighted by Gasteiger charge is 2.40. The summed E-state index contributed by atoms with van der Waals surface area (Å²) in [6, 6.07) is 16.3. The molecule has 0 aliphatic carbocycles. The summed E-state index contributed by atoms with van der Waals surface area (Å²) < 4.78 is 22.5. The van der Waals surface area contributed by atoms with E-state index in [0.717, 1.165) is 28.5 Å². The van der Waals surface area contributed by atoms with Crippen LogP contribution in [0.2, 0.25) is 0 Å². The molecule has 0 fully saturated rings. The molecule has 2 aliphatic rings. The number of rotatable bonds is 9. The van der Waals surface area contributed by atoms with Crippen LogP contribution in [0.5, 0.6) is 11.5 Å². The van der Waals surface area contributed by atoms with Gasteiger partial charge in [0.25, 0.3) is 0 Å². The second-order valence-electron chi connectivity index (χ2n) is 10.8. The number of ether oxygens (including phenoxy) is 4. The van der Waals surface area contributed by atoms with Crippen LogP contribution in [0, 0.1) is 0 Å². The molecule has 8 nitrogen and oxygen atoms in total. The zero-order chi connectivity index (χ0) is 28.0. The fourth-order valence-electron chi connectivity index (χ4n) is 4.53. The first kappa shape index (κ1) is 28.4. The third kappa shape index (κ3) is 7.50. The Morgan fingerprint density at radius 3 is 2.51 bits per heavy atom. The number of fused-ring (bicyclic) bond motifs is 5. The number of benzene rings is 2. The molecule has 0 saturated carbocycles. The van der Waals surface area contributed by atoms with E-state index in [0.29, 0.717) is 31.7 Å². The Hall–Kier alpha value is -3.59. The zero-order valence-electron chi connectivity index (χ0n) is 23.1.